The summed E-state index contributed by atoms with van der Waals surface area (Å²) in [5.41, 5.74) is 0.832. The lowest BCUT2D eigenvalue weighted by molar-refractivity contribution is -0.142. The summed E-state index contributed by atoms with van der Waals surface area (Å²) in [6.07, 6.45) is 0. The van der Waals surface area contributed by atoms with Crippen LogP contribution in [0.2, 0.25) is 10.0 Å². The van der Waals surface area contributed by atoms with Crippen molar-refractivity contribution in [3.05, 3.63) is 58.1 Å². The molecular weight excluding hydrogens is 415 g/mol. The first-order valence-corrected chi connectivity index (χ1v) is 9.89. The predicted molar refractivity (Wildman–Crippen MR) is 114 cm³/mol. The molecule has 0 saturated heterocycles. The van der Waals surface area contributed by atoms with Crippen LogP contribution in [0.4, 0.5) is 0 Å². The number of halogens is 2. The fourth-order valence-electron chi connectivity index (χ4n) is 2.69. The summed E-state index contributed by atoms with van der Waals surface area (Å²) in [5.74, 6) is 0.423. The highest BCUT2D eigenvalue weighted by molar-refractivity contribution is 6.35. The van der Waals surface area contributed by atoms with Crippen LogP contribution >= 0.6 is 23.2 Å². The number of methoxy groups -OCH3 is 1. The van der Waals surface area contributed by atoms with Gasteiger partial charge in [0.25, 0.3) is 5.91 Å². The van der Waals surface area contributed by atoms with Crippen molar-refractivity contribution >= 4 is 35.0 Å². The maximum atomic E-state index is 12.9. The predicted octanol–water partition coefficient (Wildman–Crippen LogP) is 3.93. The Balaban J connectivity index is 2.18. The molecule has 0 aliphatic heterocycles. The van der Waals surface area contributed by atoms with E-state index in [4.69, 9.17) is 32.7 Å². The van der Waals surface area contributed by atoms with Gasteiger partial charge in [-0.2, -0.15) is 0 Å². The van der Waals surface area contributed by atoms with Crippen LogP contribution in [0.1, 0.15) is 19.4 Å². The molecule has 1 N–H and O–H groups in total. The van der Waals surface area contributed by atoms with Crippen LogP contribution in [0.5, 0.6) is 11.5 Å². The number of hydrogen-bond acceptors (Lipinski definition) is 4. The minimum atomic E-state index is -0.682. The normalized spacial score (nSPS) is 11.5. The van der Waals surface area contributed by atoms with Gasteiger partial charge in [-0.25, -0.2) is 0 Å². The first kappa shape index (κ1) is 22.8. The summed E-state index contributed by atoms with van der Waals surface area (Å²) < 4.78 is 10.8. The Morgan fingerprint density at radius 2 is 1.93 bits per heavy atom. The molecule has 6 nitrogen and oxygen atoms in total. The van der Waals surface area contributed by atoms with Crippen molar-refractivity contribution < 1.29 is 19.1 Å². The Labute approximate surface area is 180 Å². The summed E-state index contributed by atoms with van der Waals surface area (Å²) in [6, 6.07) is 11.4. The van der Waals surface area contributed by atoms with Crippen LogP contribution in [0, 0.1) is 0 Å². The van der Waals surface area contributed by atoms with Gasteiger partial charge in [0.2, 0.25) is 5.91 Å². The summed E-state index contributed by atoms with van der Waals surface area (Å²) >= 11 is 12.0. The topological polar surface area (TPSA) is 67.9 Å². The molecule has 2 amide bonds. The van der Waals surface area contributed by atoms with Gasteiger partial charge in [-0.15, -0.1) is 0 Å². The molecule has 0 radical (unpaired) electrons. The van der Waals surface area contributed by atoms with E-state index in [0.29, 0.717) is 28.1 Å². The zero-order valence-electron chi connectivity index (χ0n) is 16.6. The number of amides is 2. The second-order valence-corrected chi connectivity index (χ2v) is 7.15. The fraction of sp³-hybridized carbons (Fsp3) is 0.333. The molecule has 156 valence electrons. The molecule has 1 unspecified atom stereocenters. The number of likely N-dealkylation sites (N-methyl/N-ethyl adjacent to an activating group) is 1. The zero-order valence-corrected chi connectivity index (χ0v) is 18.1. The number of ether oxygens (including phenoxy) is 2. The van der Waals surface area contributed by atoms with E-state index in [1.54, 1.807) is 26.2 Å². The van der Waals surface area contributed by atoms with Crippen molar-refractivity contribution in [2.45, 2.75) is 26.4 Å². The van der Waals surface area contributed by atoms with Crippen molar-refractivity contribution in [2.24, 2.45) is 0 Å². The van der Waals surface area contributed by atoms with Crippen LogP contribution in [0.25, 0.3) is 0 Å². The fourth-order valence-corrected chi connectivity index (χ4v) is 3.15. The van der Waals surface area contributed by atoms with Crippen molar-refractivity contribution in [1.29, 1.82) is 0 Å². The molecule has 0 saturated carbocycles. The molecule has 2 rings (SSSR count). The van der Waals surface area contributed by atoms with Gasteiger partial charge in [0.1, 0.15) is 17.5 Å². The Bertz CT molecular complexity index is 860. The monoisotopic (exact) mass is 438 g/mol. The first-order chi connectivity index (χ1) is 13.8. The van der Waals surface area contributed by atoms with Crippen LogP contribution in [0.3, 0.4) is 0 Å². The van der Waals surface area contributed by atoms with E-state index in [1.807, 2.05) is 31.2 Å². The molecule has 2 aromatic carbocycles. The van der Waals surface area contributed by atoms with Crippen LogP contribution < -0.4 is 14.8 Å². The Kier molecular flexibility index (Phi) is 8.61. The Morgan fingerprint density at radius 3 is 2.59 bits per heavy atom. The van der Waals surface area contributed by atoms with Gasteiger partial charge in [-0.3, -0.25) is 9.59 Å². The van der Waals surface area contributed by atoms with E-state index in [0.717, 1.165) is 5.56 Å². The molecule has 0 bridgehead atoms. The second kappa shape index (κ2) is 10.9. The van der Waals surface area contributed by atoms with E-state index < -0.39 is 6.04 Å². The molecule has 1 atom stereocenters. The van der Waals surface area contributed by atoms with Crippen molar-refractivity contribution in [2.75, 3.05) is 20.3 Å². The van der Waals surface area contributed by atoms with E-state index in [9.17, 15) is 9.59 Å². The molecule has 0 aromatic heterocycles. The number of carbonyl (C=O) groups is 2. The molecule has 0 aliphatic carbocycles. The Hall–Kier alpha value is -2.44. The van der Waals surface area contributed by atoms with Crippen molar-refractivity contribution in [3.8, 4) is 11.5 Å². The van der Waals surface area contributed by atoms with Crippen LogP contribution in [-0.2, 0) is 16.1 Å². The lowest BCUT2D eigenvalue weighted by atomic mass is 10.1. The smallest absolute Gasteiger partial charge is 0.261 e. The van der Waals surface area contributed by atoms with Gasteiger partial charge in [0.05, 0.1) is 12.1 Å². The van der Waals surface area contributed by atoms with E-state index in [1.165, 1.54) is 11.0 Å². The Morgan fingerprint density at radius 1 is 1.17 bits per heavy atom. The highest BCUT2D eigenvalue weighted by atomic mass is 35.5. The van der Waals surface area contributed by atoms with Gasteiger partial charge in [-0.1, -0.05) is 35.3 Å². The quantitative estimate of drug-likeness (QED) is 0.643. The minimum absolute atomic E-state index is 0.228. The third-order valence-electron chi connectivity index (χ3n) is 4.25. The van der Waals surface area contributed by atoms with Gasteiger partial charge >= 0.3 is 0 Å². The number of carbonyl (C=O) groups excluding carboxylic acids is 2. The highest BCUT2D eigenvalue weighted by Crippen LogP contribution is 2.27. The zero-order chi connectivity index (χ0) is 21.4. The minimum Gasteiger partial charge on any atom is -0.497 e. The third-order valence-corrected chi connectivity index (χ3v) is 4.78. The van der Waals surface area contributed by atoms with Crippen molar-refractivity contribution in [1.82, 2.24) is 10.2 Å². The largest absolute Gasteiger partial charge is 0.497 e. The molecule has 0 spiro atoms. The van der Waals surface area contributed by atoms with Crippen LogP contribution in [0.15, 0.2) is 42.5 Å². The van der Waals surface area contributed by atoms with Crippen LogP contribution in [-0.4, -0.2) is 43.0 Å². The molecule has 29 heavy (non-hydrogen) atoms. The average Bonchev–Trinajstić information content (AvgIpc) is 2.71. The number of nitrogens with one attached hydrogen (secondary N) is 1. The molecule has 8 heteroatoms. The molecule has 0 aliphatic rings. The summed E-state index contributed by atoms with van der Waals surface area (Å²) in [6.45, 7) is 3.94. The lowest BCUT2D eigenvalue weighted by Crippen LogP contribution is -2.49. The van der Waals surface area contributed by atoms with E-state index >= 15 is 0 Å². The summed E-state index contributed by atoms with van der Waals surface area (Å²) in [4.78, 5) is 26.7. The summed E-state index contributed by atoms with van der Waals surface area (Å²) in [5, 5.41) is 3.52. The molecule has 0 heterocycles. The van der Waals surface area contributed by atoms with Gasteiger partial charge in [0, 0.05) is 18.1 Å². The van der Waals surface area contributed by atoms with Crippen molar-refractivity contribution in [3.63, 3.8) is 0 Å². The summed E-state index contributed by atoms with van der Waals surface area (Å²) in [7, 11) is 1.57. The van der Waals surface area contributed by atoms with E-state index in [-0.39, 0.29) is 25.0 Å². The maximum Gasteiger partial charge on any atom is 0.261 e. The highest BCUT2D eigenvalue weighted by Gasteiger charge is 2.26. The maximum absolute atomic E-state index is 12.9. The average molecular weight is 439 g/mol. The molecule has 0 fully saturated rings. The third kappa shape index (κ3) is 6.54. The van der Waals surface area contributed by atoms with Gasteiger partial charge < -0.3 is 19.7 Å². The van der Waals surface area contributed by atoms with Gasteiger partial charge in [-0.05, 0) is 49.7 Å². The SMILES string of the molecule is CCNC(=O)C(C)N(Cc1cccc(OC)c1)C(=O)COc1ccc(Cl)cc1Cl. The number of hydrogen-bond donors (Lipinski definition) is 1. The lowest BCUT2D eigenvalue weighted by Gasteiger charge is -2.28. The number of benzene rings is 2. The first-order valence-electron chi connectivity index (χ1n) is 9.13. The standard InChI is InChI=1S/C21H24Cl2N2O4/c1-4-24-21(27)14(2)25(12-15-6-5-7-17(10-15)28-3)20(26)13-29-19-9-8-16(22)11-18(19)23/h5-11,14H,4,12-13H2,1-3H3,(H,24,27). The molecular formula is C21H24Cl2N2O4. The second-order valence-electron chi connectivity index (χ2n) is 6.31. The number of rotatable bonds is 9. The molecule has 2 aromatic rings. The van der Waals surface area contributed by atoms with Gasteiger partial charge in [0.15, 0.2) is 6.61 Å². The number of nitrogens with zero attached hydrogens (tertiary/aromatic N) is 1. The van der Waals surface area contributed by atoms with E-state index in [2.05, 4.69) is 5.32 Å².